The van der Waals surface area contributed by atoms with Crippen molar-refractivity contribution in [1.29, 1.82) is 0 Å². The minimum Gasteiger partial charge on any atom is -0.328 e. The van der Waals surface area contributed by atoms with Crippen molar-refractivity contribution in [3.63, 3.8) is 0 Å². The van der Waals surface area contributed by atoms with Crippen molar-refractivity contribution in [1.82, 2.24) is 0 Å². The Hall–Kier alpha value is -0.0400. The Morgan fingerprint density at radius 3 is 2.56 bits per heavy atom. The molecule has 1 fully saturated rings. The smallest absolute Gasteiger partial charge is 0.00104 e. The molecule has 1 rings (SSSR count). The lowest BCUT2D eigenvalue weighted by Crippen LogP contribution is -2.19. The van der Waals surface area contributed by atoms with Gasteiger partial charge in [0.25, 0.3) is 0 Å². The van der Waals surface area contributed by atoms with Gasteiger partial charge in [-0.1, -0.05) is 52.4 Å². The highest BCUT2D eigenvalue weighted by Crippen LogP contribution is 2.33. The van der Waals surface area contributed by atoms with Gasteiger partial charge in [0.1, 0.15) is 0 Å². The van der Waals surface area contributed by atoms with Crippen LogP contribution in [0.15, 0.2) is 0 Å². The minimum atomic E-state index is 0.391. The summed E-state index contributed by atoms with van der Waals surface area (Å²) in [6.07, 6.45) is 11.2. The van der Waals surface area contributed by atoms with Crippen molar-refractivity contribution in [3.05, 3.63) is 0 Å². The summed E-state index contributed by atoms with van der Waals surface area (Å²) in [5.74, 6) is 2.88. The molecule has 0 bridgehead atoms. The van der Waals surface area contributed by atoms with Crippen LogP contribution in [0.2, 0.25) is 0 Å². The second-order valence-electron chi connectivity index (χ2n) is 6.26. The van der Waals surface area contributed by atoms with Gasteiger partial charge in [-0.15, -0.1) is 0 Å². The molecule has 1 nitrogen and oxygen atoms in total. The van der Waals surface area contributed by atoms with E-state index in [1.54, 1.807) is 0 Å². The molecule has 2 N–H and O–H groups in total. The van der Waals surface area contributed by atoms with Gasteiger partial charge in [-0.05, 0) is 37.5 Å². The van der Waals surface area contributed by atoms with Crippen LogP contribution in [-0.2, 0) is 0 Å². The van der Waals surface area contributed by atoms with Gasteiger partial charge >= 0.3 is 0 Å². The van der Waals surface area contributed by atoms with E-state index in [-0.39, 0.29) is 0 Å². The highest BCUT2D eigenvalue weighted by atomic mass is 14.6. The first-order valence-electron chi connectivity index (χ1n) is 7.35. The van der Waals surface area contributed by atoms with Crippen LogP contribution in [0.5, 0.6) is 0 Å². The maximum absolute atomic E-state index is 5.82. The second kappa shape index (κ2) is 7.32. The third-order valence-corrected chi connectivity index (χ3v) is 4.43. The van der Waals surface area contributed by atoms with Gasteiger partial charge in [-0.25, -0.2) is 0 Å². The van der Waals surface area contributed by atoms with Crippen LogP contribution in [0.3, 0.4) is 0 Å². The zero-order chi connectivity index (χ0) is 12.0. The Kier molecular flexibility index (Phi) is 6.41. The fourth-order valence-electron chi connectivity index (χ4n) is 3.08. The lowest BCUT2D eigenvalue weighted by atomic mass is 9.77. The summed E-state index contributed by atoms with van der Waals surface area (Å²) >= 11 is 0. The van der Waals surface area contributed by atoms with Crippen LogP contribution in [-0.4, -0.2) is 6.04 Å². The summed E-state index contributed by atoms with van der Waals surface area (Å²) in [4.78, 5) is 0. The molecule has 0 saturated heterocycles. The van der Waals surface area contributed by atoms with E-state index >= 15 is 0 Å². The molecule has 4 atom stereocenters. The van der Waals surface area contributed by atoms with Crippen LogP contribution in [0.1, 0.15) is 72.1 Å². The lowest BCUT2D eigenvalue weighted by Gasteiger charge is -2.28. The van der Waals surface area contributed by atoms with E-state index in [2.05, 4.69) is 20.8 Å². The largest absolute Gasteiger partial charge is 0.328 e. The number of hydrogen-bond acceptors (Lipinski definition) is 1. The molecule has 1 aliphatic carbocycles. The molecule has 3 unspecified atom stereocenters. The molecule has 96 valence electrons. The topological polar surface area (TPSA) is 26.0 Å². The zero-order valence-corrected chi connectivity index (χ0v) is 11.5. The van der Waals surface area contributed by atoms with Gasteiger partial charge in [0.05, 0.1) is 0 Å². The molecule has 16 heavy (non-hydrogen) atoms. The summed E-state index contributed by atoms with van der Waals surface area (Å²) in [6.45, 7) is 7.02. The molecule has 0 aromatic rings. The predicted molar refractivity (Wildman–Crippen MR) is 72.4 cm³/mol. The summed E-state index contributed by atoms with van der Waals surface area (Å²) < 4.78 is 0. The van der Waals surface area contributed by atoms with Gasteiger partial charge in [0, 0.05) is 6.04 Å². The van der Waals surface area contributed by atoms with Crippen LogP contribution >= 0.6 is 0 Å². The second-order valence-corrected chi connectivity index (χ2v) is 6.26. The molecule has 0 radical (unpaired) electrons. The maximum Gasteiger partial charge on any atom is 0.00104 e. The average Bonchev–Trinajstić information content (AvgIpc) is 2.20. The lowest BCUT2D eigenvalue weighted by molar-refractivity contribution is 0.233. The van der Waals surface area contributed by atoms with Crippen LogP contribution in [0.4, 0.5) is 0 Å². The number of hydrogen-bond donors (Lipinski definition) is 1. The fourth-order valence-corrected chi connectivity index (χ4v) is 3.08. The first-order chi connectivity index (χ1) is 7.59. The summed E-state index contributed by atoms with van der Waals surface area (Å²) in [5, 5.41) is 0. The van der Waals surface area contributed by atoms with Gasteiger partial charge in [-0.2, -0.15) is 0 Å². The predicted octanol–water partition coefficient (Wildman–Crippen LogP) is 4.36. The quantitative estimate of drug-likeness (QED) is 0.756. The monoisotopic (exact) mass is 225 g/mol. The molecule has 0 aromatic heterocycles. The summed E-state index contributed by atoms with van der Waals surface area (Å²) in [5.41, 5.74) is 5.82. The highest BCUT2D eigenvalue weighted by molar-refractivity contribution is 4.72. The highest BCUT2D eigenvalue weighted by Gasteiger charge is 2.20. The standard InChI is InChI=1S/C15H31N/c1-12-6-4-7-13(2)15(11-10-12)9-5-8-14(3)16/h12-15H,4-11,16H2,1-3H3/t12-,13?,14?,15?/m1/s1. The number of rotatable bonds is 4. The fraction of sp³-hybridized carbons (Fsp3) is 1.00. The van der Waals surface area contributed by atoms with Crippen LogP contribution in [0, 0.1) is 17.8 Å². The molecular formula is C15H31N. The van der Waals surface area contributed by atoms with E-state index in [4.69, 9.17) is 5.73 Å². The zero-order valence-electron chi connectivity index (χ0n) is 11.5. The van der Waals surface area contributed by atoms with E-state index in [0.29, 0.717) is 6.04 Å². The van der Waals surface area contributed by atoms with Crippen molar-refractivity contribution in [2.24, 2.45) is 23.5 Å². The molecular weight excluding hydrogens is 194 g/mol. The molecule has 1 aliphatic rings. The first kappa shape index (κ1) is 14.0. The summed E-state index contributed by atoms with van der Waals surface area (Å²) in [6, 6.07) is 0.391. The minimum absolute atomic E-state index is 0.391. The van der Waals surface area contributed by atoms with Gasteiger partial charge < -0.3 is 5.73 Å². The molecule has 1 saturated carbocycles. The molecule has 0 amide bonds. The Morgan fingerprint density at radius 2 is 1.88 bits per heavy atom. The van der Waals surface area contributed by atoms with Gasteiger partial charge in [0.2, 0.25) is 0 Å². The molecule has 0 spiro atoms. The van der Waals surface area contributed by atoms with Crippen LogP contribution < -0.4 is 5.73 Å². The third kappa shape index (κ3) is 5.34. The molecule has 0 heterocycles. The number of nitrogens with two attached hydrogens (primary N) is 1. The Bertz CT molecular complexity index is 176. The van der Waals surface area contributed by atoms with E-state index < -0.39 is 0 Å². The molecule has 1 heteroatoms. The van der Waals surface area contributed by atoms with Crippen molar-refractivity contribution in [2.45, 2.75) is 78.2 Å². The van der Waals surface area contributed by atoms with Crippen molar-refractivity contribution < 1.29 is 0 Å². The van der Waals surface area contributed by atoms with Crippen LogP contribution in [0.25, 0.3) is 0 Å². The van der Waals surface area contributed by atoms with Crippen molar-refractivity contribution in [3.8, 4) is 0 Å². The molecule has 0 aromatic carbocycles. The van der Waals surface area contributed by atoms with Gasteiger partial charge in [0.15, 0.2) is 0 Å². The van der Waals surface area contributed by atoms with E-state index in [1.165, 1.54) is 51.4 Å². The van der Waals surface area contributed by atoms with Crippen molar-refractivity contribution >= 4 is 0 Å². The van der Waals surface area contributed by atoms with Crippen molar-refractivity contribution in [2.75, 3.05) is 0 Å². The Balaban J connectivity index is 2.29. The average molecular weight is 225 g/mol. The van der Waals surface area contributed by atoms with E-state index in [0.717, 1.165) is 17.8 Å². The normalized spacial score (nSPS) is 34.1. The summed E-state index contributed by atoms with van der Waals surface area (Å²) in [7, 11) is 0. The maximum atomic E-state index is 5.82. The van der Waals surface area contributed by atoms with E-state index in [9.17, 15) is 0 Å². The molecule has 0 aliphatic heterocycles. The Labute approximate surface area is 102 Å². The SMILES string of the molecule is CC(N)CCCC1CC[C@H](C)CCCC1C. The van der Waals surface area contributed by atoms with Gasteiger partial charge in [-0.3, -0.25) is 0 Å². The third-order valence-electron chi connectivity index (χ3n) is 4.43. The Morgan fingerprint density at radius 1 is 1.12 bits per heavy atom. The first-order valence-corrected chi connectivity index (χ1v) is 7.35. The van der Waals surface area contributed by atoms with E-state index in [1.807, 2.05) is 0 Å².